The predicted molar refractivity (Wildman–Crippen MR) is 120 cm³/mol. The first-order valence-electron chi connectivity index (χ1n) is 10.4. The zero-order valence-corrected chi connectivity index (χ0v) is 17.7. The third-order valence-corrected chi connectivity index (χ3v) is 5.58. The van der Waals surface area contributed by atoms with Crippen molar-refractivity contribution in [3.8, 4) is 0 Å². The highest BCUT2D eigenvalue weighted by molar-refractivity contribution is 6.07. The number of amides is 4. The minimum absolute atomic E-state index is 0.0699. The Labute approximate surface area is 177 Å². The average molecular weight is 407 g/mol. The van der Waals surface area contributed by atoms with E-state index in [9.17, 15) is 9.59 Å². The Bertz CT molecular complexity index is 974. The maximum Gasteiger partial charge on any atom is 0.346 e. The lowest BCUT2D eigenvalue weighted by Crippen LogP contribution is -2.30. The van der Waals surface area contributed by atoms with Crippen molar-refractivity contribution in [3.05, 3.63) is 47.5 Å². The van der Waals surface area contributed by atoms with Gasteiger partial charge in [-0.1, -0.05) is 39.0 Å². The molecule has 157 valence electrons. The fourth-order valence-electron chi connectivity index (χ4n) is 3.88. The molecule has 2 aromatic carbocycles. The second-order valence-corrected chi connectivity index (χ2v) is 8.84. The van der Waals surface area contributed by atoms with E-state index in [1.165, 1.54) is 24.1 Å². The maximum atomic E-state index is 12.5. The maximum absolute atomic E-state index is 12.5. The number of hydrogen-bond donors (Lipinski definition) is 3. The Kier molecular flexibility index (Phi) is 5.28. The van der Waals surface area contributed by atoms with E-state index in [1.54, 1.807) is 18.2 Å². The molecule has 0 bridgehead atoms. The first-order valence-corrected chi connectivity index (χ1v) is 10.4. The Balaban J connectivity index is 1.48. The topological polar surface area (TPSA) is 87.6 Å². The summed E-state index contributed by atoms with van der Waals surface area (Å²) in [5, 5.41) is 12.3. The third-order valence-electron chi connectivity index (χ3n) is 5.58. The molecule has 2 aliphatic rings. The van der Waals surface area contributed by atoms with E-state index in [1.807, 2.05) is 0 Å². The van der Waals surface area contributed by atoms with Gasteiger partial charge in [0.2, 0.25) is 0 Å². The molecule has 0 aromatic heterocycles. The number of anilines is 3. The van der Waals surface area contributed by atoms with E-state index in [-0.39, 0.29) is 11.4 Å². The van der Waals surface area contributed by atoms with Gasteiger partial charge in [0.15, 0.2) is 0 Å². The van der Waals surface area contributed by atoms with Crippen LogP contribution in [0.25, 0.3) is 0 Å². The van der Waals surface area contributed by atoms with Crippen LogP contribution in [0.5, 0.6) is 0 Å². The lowest BCUT2D eigenvalue weighted by atomic mass is 9.86. The molecule has 0 saturated carbocycles. The van der Waals surface area contributed by atoms with Crippen LogP contribution in [-0.4, -0.2) is 25.2 Å². The van der Waals surface area contributed by atoms with Gasteiger partial charge in [-0.3, -0.25) is 0 Å². The second-order valence-electron chi connectivity index (χ2n) is 8.84. The minimum atomic E-state index is -0.422. The van der Waals surface area contributed by atoms with Crippen molar-refractivity contribution in [2.45, 2.75) is 45.6 Å². The summed E-state index contributed by atoms with van der Waals surface area (Å²) in [7, 11) is 0. The number of nitrogens with one attached hydrogen (secondary N) is 3. The molecule has 3 N–H and O–H groups in total. The fraction of sp³-hybridized carbons (Fsp3) is 0.391. The predicted octanol–water partition coefficient (Wildman–Crippen LogP) is 4.69. The van der Waals surface area contributed by atoms with E-state index in [0.29, 0.717) is 23.6 Å². The monoisotopic (exact) mass is 406 g/mol. The van der Waals surface area contributed by atoms with Crippen molar-refractivity contribution in [3.63, 3.8) is 0 Å². The molecule has 4 amide bonds. The Morgan fingerprint density at radius 3 is 2.67 bits per heavy atom. The summed E-state index contributed by atoms with van der Waals surface area (Å²) < 4.78 is 0. The summed E-state index contributed by atoms with van der Waals surface area (Å²) in [6.07, 6.45) is 2.39. The molecule has 7 heteroatoms. The number of nitrogens with zero attached hydrogens (tertiary/aromatic N) is 2. The number of benzene rings is 2. The molecule has 0 aliphatic carbocycles. The molecule has 0 unspecified atom stereocenters. The Morgan fingerprint density at radius 2 is 1.93 bits per heavy atom. The van der Waals surface area contributed by atoms with Crippen LogP contribution < -0.4 is 26.2 Å². The highest BCUT2D eigenvalue weighted by Gasteiger charge is 2.23. The molecule has 7 nitrogen and oxygen atoms in total. The van der Waals surface area contributed by atoms with Gasteiger partial charge in [-0.05, 0) is 47.6 Å². The number of rotatable bonds is 4. The summed E-state index contributed by atoms with van der Waals surface area (Å²) in [6.45, 7) is 9.15. The molecule has 0 spiro atoms. The van der Waals surface area contributed by atoms with E-state index >= 15 is 0 Å². The Morgan fingerprint density at radius 1 is 1.17 bits per heavy atom. The van der Waals surface area contributed by atoms with Gasteiger partial charge in [-0.15, -0.1) is 0 Å². The van der Waals surface area contributed by atoms with Crippen LogP contribution >= 0.6 is 0 Å². The third kappa shape index (κ3) is 4.20. The van der Waals surface area contributed by atoms with Gasteiger partial charge in [-0.25, -0.2) is 9.59 Å². The number of carbonyl (C=O) groups excluding carboxylic acids is 2. The molecule has 1 radical (unpaired) electrons. The van der Waals surface area contributed by atoms with Gasteiger partial charge in [0.1, 0.15) is 5.69 Å². The molecule has 0 atom stereocenters. The van der Waals surface area contributed by atoms with E-state index < -0.39 is 6.03 Å². The number of fused-ring (bicyclic) bond motifs is 1. The summed E-state index contributed by atoms with van der Waals surface area (Å²) in [6, 6.07) is 11.0. The Hall–Kier alpha value is -3.22. The second kappa shape index (κ2) is 7.89. The molecule has 1 saturated heterocycles. The first kappa shape index (κ1) is 20.1. The number of para-hydroxylation sites is 1. The van der Waals surface area contributed by atoms with Crippen LogP contribution in [0.1, 0.15) is 44.7 Å². The van der Waals surface area contributed by atoms with Crippen LogP contribution in [0.15, 0.2) is 36.4 Å². The number of carbonyl (C=O) groups is 2. The quantitative estimate of drug-likeness (QED) is 0.688. The zero-order chi connectivity index (χ0) is 21.3. The van der Waals surface area contributed by atoms with Gasteiger partial charge >= 0.3 is 12.1 Å². The highest BCUT2D eigenvalue weighted by Crippen LogP contribution is 2.35. The van der Waals surface area contributed by atoms with Gasteiger partial charge in [0, 0.05) is 25.3 Å². The SMILES string of the molecule is CC(C)(C)c1ccc(CNC(=O)Nc2cccc3c2[N]C(=O)N3)c(N2CCCC2)c1. The van der Waals surface area contributed by atoms with Gasteiger partial charge in [-0.2, -0.15) is 5.32 Å². The molecule has 2 heterocycles. The lowest BCUT2D eigenvalue weighted by molar-refractivity contribution is 0.251. The van der Waals surface area contributed by atoms with Crippen molar-refractivity contribution < 1.29 is 9.59 Å². The molecule has 2 aromatic rings. The molecule has 2 aliphatic heterocycles. The average Bonchev–Trinajstić information content (AvgIpc) is 3.35. The van der Waals surface area contributed by atoms with Crippen LogP contribution in [0.2, 0.25) is 0 Å². The smallest absolute Gasteiger partial charge is 0.346 e. The highest BCUT2D eigenvalue weighted by atomic mass is 16.2. The number of hydrogen-bond acceptors (Lipinski definition) is 3. The van der Waals surface area contributed by atoms with Gasteiger partial charge < -0.3 is 20.9 Å². The van der Waals surface area contributed by atoms with Gasteiger partial charge in [0.05, 0.1) is 11.4 Å². The lowest BCUT2D eigenvalue weighted by Gasteiger charge is -2.26. The molecular weight excluding hydrogens is 378 g/mol. The van der Waals surface area contributed by atoms with Crippen LogP contribution in [0.3, 0.4) is 0 Å². The standard InChI is InChI=1S/C23H28N5O2/c1-23(2,3)16-10-9-15(19(13-16)28-11-4-5-12-28)14-24-21(29)25-17-7-6-8-18-20(17)27-22(30)26-18/h6-10,13H,4-5,11-12,14H2,1-3H3,(H,26,30)(H2,24,25,29). The van der Waals surface area contributed by atoms with Crippen molar-refractivity contribution in [2.24, 2.45) is 0 Å². The molecule has 30 heavy (non-hydrogen) atoms. The fourth-order valence-corrected chi connectivity index (χ4v) is 3.88. The number of urea groups is 2. The van der Waals surface area contributed by atoms with E-state index in [4.69, 9.17) is 0 Å². The van der Waals surface area contributed by atoms with E-state index in [2.05, 4.69) is 65.1 Å². The first-order chi connectivity index (χ1) is 14.3. The van der Waals surface area contributed by atoms with Crippen molar-refractivity contribution in [1.29, 1.82) is 0 Å². The minimum Gasteiger partial charge on any atom is -0.371 e. The molecule has 4 rings (SSSR count). The largest absolute Gasteiger partial charge is 0.371 e. The van der Waals surface area contributed by atoms with Crippen LogP contribution in [0, 0.1) is 0 Å². The van der Waals surface area contributed by atoms with Crippen molar-refractivity contribution in [2.75, 3.05) is 28.6 Å². The van der Waals surface area contributed by atoms with Crippen molar-refractivity contribution >= 4 is 34.8 Å². The van der Waals surface area contributed by atoms with Crippen LogP contribution in [-0.2, 0) is 12.0 Å². The summed E-state index contributed by atoms with van der Waals surface area (Å²) in [5.41, 5.74) is 5.23. The van der Waals surface area contributed by atoms with Crippen LogP contribution in [0.4, 0.5) is 32.3 Å². The molecule has 1 fully saturated rings. The summed E-state index contributed by atoms with van der Waals surface area (Å²) in [5.74, 6) is 0. The normalized spacial score (nSPS) is 15.4. The van der Waals surface area contributed by atoms with Crippen molar-refractivity contribution in [1.82, 2.24) is 10.6 Å². The van der Waals surface area contributed by atoms with Gasteiger partial charge in [0.25, 0.3) is 0 Å². The summed E-state index contributed by atoms with van der Waals surface area (Å²) in [4.78, 5) is 26.4. The zero-order valence-electron chi connectivity index (χ0n) is 17.7. The summed E-state index contributed by atoms with van der Waals surface area (Å²) >= 11 is 0. The molecular formula is C23H28N5O2. The van der Waals surface area contributed by atoms with E-state index in [0.717, 1.165) is 18.7 Å².